The van der Waals surface area contributed by atoms with Crippen LogP contribution in [0.5, 0.6) is 0 Å². The average Bonchev–Trinajstić information content (AvgIpc) is 2.51. The minimum Gasteiger partial charge on any atom is -0.545 e. The Labute approximate surface area is 150 Å². The fourth-order valence-electron chi connectivity index (χ4n) is 1.35. The Hall–Kier alpha value is -2.88. The lowest BCUT2D eigenvalue weighted by molar-refractivity contribution is -0.300. The summed E-state index contributed by atoms with van der Waals surface area (Å²) >= 11 is 0. The van der Waals surface area contributed by atoms with E-state index >= 15 is 0 Å². The molecule has 25 heavy (non-hydrogen) atoms. The van der Waals surface area contributed by atoms with Crippen LogP contribution in [0.25, 0.3) is 0 Å². The first kappa shape index (κ1) is 24.4. The van der Waals surface area contributed by atoms with Crippen LogP contribution in [-0.4, -0.2) is 11.9 Å². The molecule has 0 aliphatic rings. The van der Waals surface area contributed by atoms with E-state index in [1.54, 1.807) is 24.3 Å². The fourth-order valence-corrected chi connectivity index (χ4v) is 1.35. The summed E-state index contributed by atoms with van der Waals surface area (Å²) in [6.45, 7) is 6.74. The molecule has 0 aliphatic carbocycles. The molecule has 136 valence electrons. The van der Waals surface area contributed by atoms with Crippen LogP contribution in [0, 0.1) is 0 Å². The molecule has 0 fully saturated rings. The molecule has 0 unspecified atom stereocenters. The molecule has 0 radical (unpaired) electrons. The quantitative estimate of drug-likeness (QED) is 0.501. The highest BCUT2D eigenvalue weighted by molar-refractivity contribution is 5.84. The van der Waals surface area contributed by atoms with Crippen molar-refractivity contribution in [3.63, 3.8) is 0 Å². The van der Waals surface area contributed by atoms with E-state index in [1.165, 1.54) is 26.0 Å². The summed E-state index contributed by atoms with van der Waals surface area (Å²) < 4.78 is 0. The van der Waals surface area contributed by atoms with E-state index in [0.29, 0.717) is 0 Å². The lowest BCUT2D eigenvalue weighted by Gasteiger charge is -1.98. The summed E-state index contributed by atoms with van der Waals surface area (Å²) in [6.07, 6.45) is 17.3. The highest BCUT2D eigenvalue weighted by atomic mass is 16.4. The molecule has 0 aromatic carbocycles. The number of carboxylic acids is 2. The summed E-state index contributed by atoms with van der Waals surface area (Å²) in [5.41, 5.74) is 2.26. The molecule has 4 heteroatoms. The normalized spacial score (nSPS) is 14.4. The van der Waals surface area contributed by atoms with Crippen LogP contribution in [0.1, 0.15) is 35.1 Å². The predicted octanol–water partition coefficient (Wildman–Crippen LogP) is 2.58. The number of allylic oxidation sites excluding steroid dienone is 12. The first-order chi connectivity index (χ1) is 11.2. The molecule has 0 N–H and O–H groups in total. The van der Waals surface area contributed by atoms with Crippen molar-refractivity contribution in [2.24, 2.45) is 0 Å². The molecule has 0 saturated carbocycles. The Balaban J connectivity index is 0. The maximum atomic E-state index is 10.5. The molecule has 0 aromatic rings. The van der Waals surface area contributed by atoms with Crippen molar-refractivity contribution in [3.8, 4) is 0 Å². The van der Waals surface area contributed by atoms with Gasteiger partial charge >= 0.3 is 0 Å². The Morgan fingerprint density at radius 2 is 0.920 bits per heavy atom. The van der Waals surface area contributed by atoms with E-state index in [0.717, 1.165) is 11.1 Å². The molecule has 4 nitrogen and oxygen atoms in total. The van der Waals surface area contributed by atoms with Gasteiger partial charge < -0.3 is 19.8 Å². The maximum absolute atomic E-state index is 10.5. The molecule has 0 aliphatic heterocycles. The summed E-state index contributed by atoms with van der Waals surface area (Å²) in [4.78, 5) is 21.0. The van der Waals surface area contributed by atoms with Gasteiger partial charge in [-0.3, -0.25) is 0 Å². The van der Waals surface area contributed by atoms with Gasteiger partial charge in [0, 0.05) is 0 Å². The first-order valence-electron chi connectivity index (χ1n) is 7.38. The van der Waals surface area contributed by atoms with Gasteiger partial charge in [0.2, 0.25) is 0 Å². The third kappa shape index (κ3) is 13.3. The molecule has 0 heterocycles. The Morgan fingerprint density at radius 1 is 0.600 bits per heavy atom. The van der Waals surface area contributed by atoms with Gasteiger partial charge in [-0.1, -0.05) is 79.3 Å². The zero-order valence-electron chi connectivity index (χ0n) is 14.4. The van der Waals surface area contributed by atoms with Crippen molar-refractivity contribution in [2.45, 2.75) is 35.1 Å². The van der Waals surface area contributed by atoms with Gasteiger partial charge in [-0.15, -0.1) is 0 Å². The standard InChI is InChI=1S/C20H24O4.CH4/c1-15(11-7-13-17(3)19(21)22)9-5-6-10-16(2)12-8-14-18(4)20(23)24;/h5-14H,1-4H3,(H,21,22)(H,23,24);1H4/p-2/b6-5+,11-7+,12-8+,15-9+,16-10+,17-13+,18-14+;. The second-order valence-corrected chi connectivity index (χ2v) is 5.20. The van der Waals surface area contributed by atoms with E-state index in [9.17, 15) is 19.8 Å². The highest BCUT2D eigenvalue weighted by Crippen LogP contribution is 2.01. The first-order valence-corrected chi connectivity index (χ1v) is 7.38. The van der Waals surface area contributed by atoms with Gasteiger partial charge in [0.1, 0.15) is 0 Å². The summed E-state index contributed by atoms with van der Waals surface area (Å²) in [7, 11) is 0. The zero-order chi connectivity index (χ0) is 18.5. The fraction of sp³-hybridized carbons (Fsp3) is 0.238. The third-order valence-corrected chi connectivity index (χ3v) is 2.88. The smallest absolute Gasteiger partial charge is 0.0672 e. The van der Waals surface area contributed by atoms with Gasteiger partial charge in [-0.25, -0.2) is 0 Å². The molecule has 0 aromatic heterocycles. The Bertz CT molecular complexity index is 608. The molecule has 0 spiro atoms. The van der Waals surface area contributed by atoms with Gasteiger partial charge in [0.25, 0.3) is 0 Å². The monoisotopic (exact) mass is 342 g/mol. The predicted molar refractivity (Wildman–Crippen MR) is 99.2 cm³/mol. The minimum atomic E-state index is -1.18. The summed E-state index contributed by atoms with van der Waals surface area (Å²) in [5, 5.41) is 21.0. The number of carboxylic acid groups (broad SMARTS) is 2. The molecule has 0 bridgehead atoms. The Kier molecular flexibility index (Phi) is 13.2. The minimum absolute atomic E-state index is 0. The molecule has 0 rings (SSSR count). The van der Waals surface area contributed by atoms with E-state index in [4.69, 9.17) is 0 Å². The van der Waals surface area contributed by atoms with Crippen LogP contribution in [0.3, 0.4) is 0 Å². The largest absolute Gasteiger partial charge is 0.545 e. The van der Waals surface area contributed by atoms with Crippen LogP contribution in [-0.2, 0) is 9.59 Å². The maximum Gasteiger partial charge on any atom is 0.0672 e. The van der Waals surface area contributed by atoms with Crippen LogP contribution in [0.15, 0.2) is 83.1 Å². The van der Waals surface area contributed by atoms with Gasteiger partial charge in [0.05, 0.1) is 11.9 Å². The highest BCUT2D eigenvalue weighted by Gasteiger charge is 1.86. The van der Waals surface area contributed by atoms with Crippen LogP contribution in [0.2, 0.25) is 0 Å². The van der Waals surface area contributed by atoms with Crippen LogP contribution >= 0.6 is 0 Å². The van der Waals surface area contributed by atoms with Crippen molar-refractivity contribution in [2.75, 3.05) is 0 Å². The van der Waals surface area contributed by atoms with E-state index in [1.807, 2.05) is 38.2 Å². The summed E-state index contributed by atoms with van der Waals surface area (Å²) in [6, 6.07) is 0. The number of rotatable bonds is 8. The molecular formula is C21H26O4-2. The van der Waals surface area contributed by atoms with E-state index in [-0.39, 0.29) is 18.6 Å². The third-order valence-electron chi connectivity index (χ3n) is 2.88. The van der Waals surface area contributed by atoms with Crippen LogP contribution < -0.4 is 10.2 Å². The van der Waals surface area contributed by atoms with Gasteiger partial charge in [0.15, 0.2) is 0 Å². The van der Waals surface area contributed by atoms with Crippen molar-refractivity contribution in [1.82, 2.24) is 0 Å². The molecule has 0 atom stereocenters. The van der Waals surface area contributed by atoms with Crippen molar-refractivity contribution >= 4 is 11.9 Å². The lowest BCUT2D eigenvalue weighted by Crippen LogP contribution is -2.22. The number of carbonyl (C=O) groups is 2. The number of carbonyl (C=O) groups excluding carboxylic acids is 2. The van der Waals surface area contributed by atoms with Crippen molar-refractivity contribution in [1.29, 1.82) is 0 Å². The zero-order valence-corrected chi connectivity index (χ0v) is 14.4. The second-order valence-electron chi connectivity index (χ2n) is 5.20. The number of aliphatic carboxylic acids is 2. The van der Waals surface area contributed by atoms with Gasteiger partial charge in [-0.05, 0) is 38.8 Å². The number of hydrogen-bond donors (Lipinski definition) is 0. The van der Waals surface area contributed by atoms with E-state index in [2.05, 4.69) is 0 Å². The second kappa shape index (κ2) is 13.5. The van der Waals surface area contributed by atoms with E-state index < -0.39 is 11.9 Å². The molecule has 0 amide bonds. The lowest BCUT2D eigenvalue weighted by atomic mass is 10.2. The molecule has 0 saturated heterocycles. The topological polar surface area (TPSA) is 80.3 Å². The number of hydrogen-bond acceptors (Lipinski definition) is 4. The van der Waals surface area contributed by atoms with Gasteiger partial charge in [-0.2, -0.15) is 0 Å². The summed E-state index contributed by atoms with van der Waals surface area (Å²) in [5.74, 6) is -2.36. The SMILES string of the molecule is C.CC(/C=C/C=C(\C)C(=O)[O-])=C\C=C\C=C(C)\C=C\C=C(/C)C(=O)[O-]. The van der Waals surface area contributed by atoms with Crippen LogP contribution in [0.4, 0.5) is 0 Å². The Morgan fingerprint density at radius 3 is 1.20 bits per heavy atom. The molecular weight excluding hydrogens is 316 g/mol. The average molecular weight is 342 g/mol. The van der Waals surface area contributed by atoms with Crippen molar-refractivity contribution in [3.05, 3.63) is 83.1 Å². The van der Waals surface area contributed by atoms with Crippen molar-refractivity contribution < 1.29 is 19.8 Å².